The topological polar surface area (TPSA) is 80.7 Å². The Morgan fingerprint density at radius 1 is 1.39 bits per heavy atom. The first-order chi connectivity index (χ1) is 8.36. The molecule has 1 rings (SSSR count). The number of rotatable bonds is 4. The van der Waals surface area contributed by atoms with Crippen LogP contribution in [0, 0.1) is 19.8 Å². The minimum atomic E-state index is 0.00365. The van der Waals surface area contributed by atoms with Crippen molar-refractivity contribution in [1.29, 1.82) is 0 Å². The summed E-state index contributed by atoms with van der Waals surface area (Å²) >= 11 is 0. The number of hydrogen-bond acceptors (Lipinski definition) is 4. The molecule has 0 aliphatic carbocycles. The third-order valence-corrected chi connectivity index (χ3v) is 2.91. The standard InChI is InChI=1S/C13H21N3O2/c1-7(2)10(5)18-13-11(12(14)16-17)8(3)6-9(4)15-13/h6-7,10,17H,1-5H3,(H2,14,16). The van der Waals surface area contributed by atoms with E-state index < -0.39 is 0 Å². The fourth-order valence-corrected chi connectivity index (χ4v) is 1.56. The Balaban J connectivity index is 3.24. The number of amidine groups is 1. The molecule has 1 atom stereocenters. The quantitative estimate of drug-likeness (QED) is 0.372. The van der Waals surface area contributed by atoms with E-state index in [9.17, 15) is 0 Å². The second kappa shape index (κ2) is 5.71. The van der Waals surface area contributed by atoms with Crippen molar-refractivity contribution < 1.29 is 9.94 Å². The fourth-order valence-electron chi connectivity index (χ4n) is 1.56. The Labute approximate surface area is 108 Å². The maximum atomic E-state index is 8.83. The van der Waals surface area contributed by atoms with Crippen LogP contribution in [-0.2, 0) is 0 Å². The number of ether oxygens (including phenoxy) is 1. The minimum absolute atomic E-state index is 0.00365. The highest BCUT2D eigenvalue weighted by Gasteiger charge is 2.18. The number of pyridine rings is 1. The van der Waals surface area contributed by atoms with Crippen molar-refractivity contribution in [3.63, 3.8) is 0 Å². The first-order valence-corrected chi connectivity index (χ1v) is 5.99. The second-order valence-corrected chi connectivity index (χ2v) is 4.81. The van der Waals surface area contributed by atoms with Gasteiger partial charge in [-0.1, -0.05) is 19.0 Å². The van der Waals surface area contributed by atoms with Gasteiger partial charge in [-0.05, 0) is 38.3 Å². The summed E-state index contributed by atoms with van der Waals surface area (Å²) in [7, 11) is 0. The van der Waals surface area contributed by atoms with Crippen molar-refractivity contribution in [2.45, 2.75) is 40.7 Å². The van der Waals surface area contributed by atoms with Gasteiger partial charge in [0.25, 0.3) is 0 Å². The van der Waals surface area contributed by atoms with Gasteiger partial charge in [0.1, 0.15) is 0 Å². The number of nitrogens with two attached hydrogens (primary N) is 1. The van der Waals surface area contributed by atoms with Gasteiger partial charge in [-0.15, -0.1) is 0 Å². The van der Waals surface area contributed by atoms with E-state index in [-0.39, 0.29) is 11.9 Å². The van der Waals surface area contributed by atoms with E-state index in [1.807, 2.05) is 26.8 Å². The molecule has 5 heteroatoms. The van der Waals surface area contributed by atoms with Crippen molar-refractivity contribution >= 4 is 5.84 Å². The van der Waals surface area contributed by atoms with E-state index in [2.05, 4.69) is 24.0 Å². The highest BCUT2D eigenvalue weighted by atomic mass is 16.5. The lowest BCUT2D eigenvalue weighted by Gasteiger charge is -2.20. The molecule has 0 saturated heterocycles. The molecule has 0 radical (unpaired) electrons. The zero-order valence-corrected chi connectivity index (χ0v) is 11.6. The molecule has 1 unspecified atom stereocenters. The van der Waals surface area contributed by atoms with Crippen LogP contribution in [-0.4, -0.2) is 22.1 Å². The first-order valence-electron chi connectivity index (χ1n) is 5.99. The molecule has 1 heterocycles. The van der Waals surface area contributed by atoms with Gasteiger partial charge in [-0.3, -0.25) is 0 Å². The van der Waals surface area contributed by atoms with Crippen molar-refractivity contribution in [2.24, 2.45) is 16.8 Å². The van der Waals surface area contributed by atoms with E-state index in [1.165, 1.54) is 0 Å². The first kappa shape index (κ1) is 14.3. The molecule has 0 saturated carbocycles. The number of hydrogen-bond donors (Lipinski definition) is 2. The smallest absolute Gasteiger partial charge is 0.225 e. The molecule has 100 valence electrons. The van der Waals surface area contributed by atoms with Crippen LogP contribution in [0.3, 0.4) is 0 Å². The molecule has 0 aliphatic heterocycles. The lowest BCUT2D eigenvalue weighted by atomic mass is 10.1. The van der Waals surface area contributed by atoms with Crippen LogP contribution >= 0.6 is 0 Å². The minimum Gasteiger partial charge on any atom is -0.474 e. The summed E-state index contributed by atoms with van der Waals surface area (Å²) in [5, 5.41) is 11.9. The SMILES string of the molecule is Cc1cc(C)c(C(N)=NO)c(OC(C)C(C)C)n1. The average Bonchev–Trinajstić information content (AvgIpc) is 2.27. The molecule has 0 aromatic carbocycles. The van der Waals surface area contributed by atoms with Crippen LogP contribution in [0.4, 0.5) is 0 Å². The van der Waals surface area contributed by atoms with Gasteiger partial charge in [0.15, 0.2) is 5.84 Å². The number of aromatic nitrogens is 1. The molecule has 0 spiro atoms. The van der Waals surface area contributed by atoms with Crippen LogP contribution in [0.2, 0.25) is 0 Å². The van der Waals surface area contributed by atoms with E-state index in [4.69, 9.17) is 15.7 Å². The molecule has 3 N–H and O–H groups in total. The zero-order chi connectivity index (χ0) is 13.9. The molecule has 0 bridgehead atoms. The Morgan fingerprint density at radius 3 is 2.50 bits per heavy atom. The normalized spacial score (nSPS) is 13.8. The highest BCUT2D eigenvalue weighted by Crippen LogP contribution is 2.23. The van der Waals surface area contributed by atoms with Crippen LogP contribution in [0.5, 0.6) is 5.88 Å². The Bertz CT molecular complexity index is 456. The van der Waals surface area contributed by atoms with Crippen molar-refractivity contribution in [2.75, 3.05) is 0 Å². The molecule has 18 heavy (non-hydrogen) atoms. The van der Waals surface area contributed by atoms with Gasteiger partial charge in [0, 0.05) is 5.69 Å². The van der Waals surface area contributed by atoms with Crippen molar-refractivity contribution in [3.05, 3.63) is 22.9 Å². The van der Waals surface area contributed by atoms with Crippen LogP contribution in [0.15, 0.2) is 11.2 Å². The summed E-state index contributed by atoms with van der Waals surface area (Å²) in [6.07, 6.45) is 0.00365. The summed E-state index contributed by atoms with van der Waals surface area (Å²) in [6, 6.07) is 1.88. The summed E-state index contributed by atoms with van der Waals surface area (Å²) in [5.41, 5.74) is 7.95. The monoisotopic (exact) mass is 251 g/mol. The third-order valence-electron chi connectivity index (χ3n) is 2.91. The largest absolute Gasteiger partial charge is 0.474 e. The van der Waals surface area contributed by atoms with Crippen LogP contribution in [0.1, 0.15) is 37.6 Å². The van der Waals surface area contributed by atoms with Gasteiger partial charge in [-0.25, -0.2) is 4.98 Å². The number of oxime groups is 1. The van der Waals surface area contributed by atoms with Gasteiger partial charge < -0.3 is 15.7 Å². The van der Waals surface area contributed by atoms with Crippen LogP contribution < -0.4 is 10.5 Å². The summed E-state index contributed by atoms with van der Waals surface area (Å²) in [5.74, 6) is 0.794. The maximum absolute atomic E-state index is 8.83. The molecular weight excluding hydrogens is 230 g/mol. The number of nitrogens with zero attached hydrogens (tertiary/aromatic N) is 2. The van der Waals surface area contributed by atoms with Crippen LogP contribution in [0.25, 0.3) is 0 Å². The number of aryl methyl sites for hydroxylation is 2. The van der Waals surface area contributed by atoms with Gasteiger partial charge in [0.05, 0.1) is 11.7 Å². The Kier molecular flexibility index (Phi) is 4.53. The van der Waals surface area contributed by atoms with Gasteiger partial charge in [0.2, 0.25) is 5.88 Å². The zero-order valence-electron chi connectivity index (χ0n) is 11.6. The Morgan fingerprint density at radius 2 is 2.00 bits per heavy atom. The maximum Gasteiger partial charge on any atom is 0.225 e. The van der Waals surface area contributed by atoms with Gasteiger partial charge in [-0.2, -0.15) is 0 Å². The predicted octanol–water partition coefficient (Wildman–Crippen LogP) is 2.22. The second-order valence-electron chi connectivity index (χ2n) is 4.81. The molecule has 1 aromatic rings. The molecule has 1 aromatic heterocycles. The predicted molar refractivity (Wildman–Crippen MR) is 71.1 cm³/mol. The highest BCUT2D eigenvalue weighted by molar-refractivity contribution is 6.00. The average molecular weight is 251 g/mol. The lowest BCUT2D eigenvalue weighted by Crippen LogP contribution is -2.23. The van der Waals surface area contributed by atoms with E-state index >= 15 is 0 Å². The molecular formula is C13H21N3O2. The fraction of sp³-hybridized carbons (Fsp3) is 0.538. The Hall–Kier alpha value is -1.78. The molecule has 0 fully saturated rings. The van der Waals surface area contributed by atoms with E-state index in [1.54, 1.807) is 0 Å². The summed E-state index contributed by atoms with van der Waals surface area (Å²) < 4.78 is 5.81. The van der Waals surface area contributed by atoms with E-state index in [0.717, 1.165) is 11.3 Å². The van der Waals surface area contributed by atoms with Crippen molar-refractivity contribution in [3.8, 4) is 5.88 Å². The third kappa shape index (κ3) is 3.12. The van der Waals surface area contributed by atoms with Crippen molar-refractivity contribution in [1.82, 2.24) is 4.98 Å². The molecule has 0 aliphatic rings. The van der Waals surface area contributed by atoms with E-state index in [0.29, 0.717) is 17.4 Å². The molecule has 0 amide bonds. The van der Waals surface area contributed by atoms with Gasteiger partial charge >= 0.3 is 0 Å². The molecule has 5 nitrogen and oxygen atoms in total. The summed E-state index contributed by atoms with van der Waals surface area (Å²) in [6.45, 7) is 9.87. The summed E-state index contributed by atoms with van der Waals surface area (Å²) in [4.78, 5) is 4.33. The lowest BCUT2D eigenvalue weighted by molar-refractivity contribution is 0.162.